The summed E-state index contributed by atoms with van der Waals surface area (Å²) >= 11 is 0. The third-order valence-corrected chi connectivity index (χ3v) is 3.69. The van der Waals surface area contributed by atoms with Crippen molar-refractivity contribution in [3.63, 3.8) is 0 Å². The Hall–Kier alpha value is -0.570. The lowest BCUT2D eigenvalue weighted by molar-refractivity contribution is -0.153. The molecule has 13 heavy (non-hydrogen) atoms. The molecule has 1 fully saturated rings. The molecule has 1 saturated carbocycles. The van der Waals surface area contributed by atoms with Gasteiger partial charge in [0.1, 0.15) is 5.54 Å². The number of hydrogen-bond acceptors (Lipinski definition) is 2. The van der Waals surface area contributed by atoms with Crippen LogP contribution in [0.5, 0.6) is 0 Å². The average molecular weight is 185 g/mol. The van der Waals surface area contributed by atoms with Crippen LogP contribution in [0.15, 0.2) is 0 Å². The Labute approximate surface area is 79.3 Å². The van der Waals surface area contributed by atoms with Gasteiger partial charge in [-0.05, 0) is 24.2 Å². The van der Waals surface area contributed by atoms with Gasteiger partial charge in [-0.2, -0.15) is 0 Å². The van der Waals surface area contributed by atoms with E-state index >= 15 is 0 Å². The molecule has 76 valence electrons. The van der Waals surface area contributed by atoms with Gasteiger partial charge < -0.3 is 10.8 Å². The summed E-state index contributed by atoms with van der Waals surface area (Å²) in [6.07, 6.45) is 2.91. The van der Waals surface area contributed by atoms with Crippen molar-refractivity contribution >= 4 is 5.97 Å². The number of aliphatic carboxylic acids is 1. The molecule has 0 aromatic carbocycles. The molecule has 0 aromatic rings. The van der Waals surface area contributed by atoms with E-state index < -0.39 is 11.5 Å². The van der Waals surface area contributed by atoms with Crippen LogP contribution in [-0.2, 0) is 4.79 Å². The summed E-state index contributed by atoms with van der Waals surface area (Å²) in [5.74, 6) is -0.793. The summed E-state index contributed by atoms with van der Waals surface area (Å²) in [7, 11) is 0. The number of carboxylic acids is 1. The molecule has 0 heterocycles. The Balaban J connectivity index is 3.05. The molecule has 3 N–H and O–H groups in total. The van der Waals surface area contributed by atoms with E-state index in [2.05, 4.69) is 0 Å². The molecule has 0 aliphatic heterocycles. The molecule has 1 rings (SSSR count). The lowest BCUT2D eigenvalue weighted by Crippen LogP contribution is -2.64. The Morgan fingerprint density at radius 2 is 2.08 bits per heavy atom. The van der Waals surface area contributed by atoms with Gasteiger partial charge in [0.2, 0.25) is 0 Å². The minimum Gasteiger partial charge on any atom is -0.480 e. The monoisotopic (exact) mass is 185 g/mol. The second-order valence-corrected chi connectivity index (χ2v) is 4.85. The standard InChI is InChI=1S/C10H19NO2/c1-7-5-4-6-9(2,3)10(7,11)8(12)13/h7H,4-6,11H2,1-3H3,(H,12,13). The normalized spacial score (nSPS) is 38.6. The molecular formula is C10H19NO2. The second-order valence-electron chi connectivity index (χ2n) is 4.85. The van der Waals surface area contributed by atoms with Gasteiger partial charge in [-0.1, -0.05) is 27.2 Å². The van der Waals surface area contributed by atoms with E-state index in [0.717, 1.165) is 19.3 Å². The van der Waals surface area contributed by atoms with E-state index in [9.17, 15) is 9.90 Å². The number of carboxylic acid groups (broad SMARTS) is 1. The molecule has 0 radical (unpaired) electrons. The van der Waals surface area contributed by atoms with Gasteiger partial charge in [-0.25, -0.2) is 0 Å². The zero-order chi connectivity index (χ0) is 10.3. The average Bonchev–Trinajstić information content (AvgIpc) is 1.99. The third-order valence-electron chi connectivity index (χ3n) is 3.69. The summed E-state index contributed by atoms with van der Waals surface area (Å²) in [4.78, 5) is 11.2. The van der Waals surface area contributed by atoms with Crippen LogP contribution in [0.25, 0.3) is 0 Å². The number of nitrogens with two attached hydrogens (primary N) is 1. The maximum Gasteiger partial charge on any atom is 0.324 e. The molecule has 2 unspecified atom stereocenters. The summed E-state index contributed by atoms with van der Waals surface area (Å²) in [5.41, 5.74) is 4.68. The summed E-state index contributed by atoms with van der Waals surface area (Å²) in [6.45, 7) is 5.85. The van der Waals surface area contributed by atoms with Crippen LogP contribution in [0.3, 0.4) is 0 Å². The van der Waals surface area contributed by atoms with E-state index in [1.807, 2.05) is 20.8 Å². The van der Waals surface area contributed by atoms with Crippen LogP contribution in [0.4, 0.5) is 0 Å². The van der Waals surface area contributed by atoms with Crippen LogP contribution in [0, 0.1) is 11.3 Å². The molecule has 0 spiro atoms. The molecule has 0 aromatic heterocycles. The fraction of sp³-hybridized carbons (Fsp3) is 0.900. The van der Waals surface area contributed by atoms with Crippen LogP contribution < -0.4 is 5.73 Å². The molecule has 0 amide bonds. The minimum absolute atomic E-state index is 0.0637. The lowest BCUT2D eigenvalue weighted by Gasteiger charge is -2.48. The molecule has 1 aliphatic rings. The Morgan fingerprint density at radius 3 is 2.38 bits per heavy atom. The van der Waals surface area contributed by atoms with Crippen LogP contribution in [0.1, 0.15) is 40.0 Å². The van der Waals surface area contributed by atoms with Gasteiger partial charge in [0.05, 0.1) is 0 Å². The molecule has 1 aliphatic carbocycles. The quantitative estimate of drug-likeness (QED) is 0.652. The SMILES string of the molecule is CC1CCCC(C)(C)C1(N)C(=O)O. The highest BCUT2D eigenvalue weighted by molar-refractivity contribution is 5.80. The molecule has 0 saturated heterocycles. The van der Waals surface area contributed by atoms with Gasteiger partial charge in [0.15, 0.2) is 0 Å². The van der Waals surface area contributed by atoms with Crippen molar-refractivity contribution < 1.29 is 9.90 Å². The van der Waals surface area contributed by atoms with Crippen molar-refractivity contribution in [2.45, 2.75) is 45.6 Å². The van der Waals surface area contributed by atoms with E-state index in [1.54, 1.807) is 0 Å². The lowest BCUT2D eigenvalue weighted by atomic mass is 9.59. The number of carbonyl (C=O) groups is 1. The fourth-order valence-electron chi connectivity index (χ4n) is 2.45. The van der Waals surface area contributed by atoms with Gasteiger partial charge >= 0.3 is 5.97 Å². The first-order valence-corrected chi connectivity index (χ1v) is 4.84. The first kappa shape index (κ1) is 10.5. The van der Waals surface area contributed by atoms with Crippen molar-refractivity contribution in [2.75, 3.05) is 0 Å². The smallest absolute Gasteiger partial charge is 0.324 e. The van der Waals surface area contributed by atoms with Gasteiger partial charge in [0, 0.05) is 0 Å². The highest BCUT2D eigenvalue weighted by atomic mass is 16.4. The molecule has 3 nitrogen and oxygen atoms in total. The highest BCUT2D eigenvalue weighted by Crippen LogP contribution is 2.45. The third kappa shape index (κ3) is 1.35. The minimum atomic E-state index is -1.05. The second kappa shape index (κ2) is 2.98. The predicted octanol–water partition coefficient (Wildman–Crippen LogP) is 1.61. The van der Waals surface area contributed by atoms with E-state index in [1.165, 1.54) is 0 Å². The van der Waals surface area contributed by atoms with Crippen LogP contribution >= 0.6 is 0 Å². The highest BCUT2D eigenvalue weighted by Gasteiger charge is 2.53. The van der Waals surface area contributed by atoms with Crippen LogP contribution in [-0.4, -0.2) is 16.6 Å². The number of rotatable bonds is 1. The van der Waals surface area contributed by atoms with Gasteiger partial charge in [-0.15, -0.1) is 0 Å². The summed E-state index contributed by atoms with van der Waals surface area (Å²) in [5, 5.41) is 9.18. The van der Waals surface area contributed by atoms with E-state index in [-0.39, 0.29) is 11.3 Å². The predicted molar refractivity (Wildman–Crippen MR) is 51.4 cm³/mol. The maximum absolute atomic E-state index is 11.2. The Bertz CT molecular complexity index is 225. The molecule has 2 atom stereocenters. The fourth-order valence-corrected chi connectivity index (χ4v) is 2.45. The summed E-state index contributed by atoms with van der Waals surface area (Å²) < 4.78 is 0. The van der Waals surface area contributed by atoms with Crippen molar-refractivity contribution in [3.05, 3.63) is 0 Å². The largest absolute Gasteiger partial charge is 0.480 e. The topological polar surface area (TPSA) is 63.3 Å². The number of hydrogen-bond donors (Lipinski definition) is 2. The maximum atomic E-state index is 11.2. The van der Waals surface area contributed by atoms with Crippen LogP contribution in [0.2, 0.25) is 0 Å². The Morgan fingerprint density at radius 1 is 1.54 bits per heavy atom. The molecule has 0 bridgehead atoms. The first-order valence-electron chi connectivity index (χ1n) is 4.84. The molecule has 3 heteroatoms. The molecular weight excluding hydrogens is 166 g/mol. The van der Waals surface area contributed by atoms with Crippen molar-refractivity contribution in [1.29, 1.82) is 0 Å². The Kier molecular flexibility index (Phi) is 2.41. The zero-order valence-corrected chi connectivity index (χ0v) is 8.63. The van der Waals surface area contributed by atoms with Crippen molar-refractivity contribution in [2.24, 2.45) is 17.1 Å². The zero-order valence-electron chi connectivity index (χ0n) is 8.63. The van der Waals surface area contributed by atoms with Crippen molar-refractivity contribution in [1.82, 2.24) is 0 Å². The summed E-state index contributed by atoms with van der Waals surface area (Å²) in [6, 6.07) is 0. The van der Waals surface area contributed by atoms with Gasteiger partial charge in [0.25, 0.3) is 0 Å². The van der Waals surface area contributed by atoms with Crippen molar-refractivity contribution in [3.8, 4) is 0 Å². The first-order chi connectivity index (χ1) is 5.82. The van der Waals surface area contributed by atoms with E-state index in [4.69, 9.17) is 5.73 Å². The van der Waals surface area contributed by atoms with Gasteiger partial charge in [-0.3, -0.25) is 4.79 Å². The van der Waals surface area contributed by atoms with E-state index in [0.29, 0.717) is 0 Å².